The van der Waals surface area contributed by atoms with Crippen LogP contribution in [-0.4, -0.2) is 33.5 Å². The number of nitrogens with zero attached hydrogens (tertiary/aromatic N) is 3. The summed E-state index contributed by atoms with van der Waals surface area (Å²) in [5.41, 5.74) is 11.2. The first-order valence-electron chi connectivity index (χ1n) is 9.43. The number of rotatable bonds is 4. The van der Waals surface area contributed by atoms with Crippen LogP contribution in [0.15, 0.2) is 43.2 Å². The molecule has 0 bridgehead atoms. The fraction of sp³-hybridized carbons (Fsp3) is 0.286. The van der Waals surface area contributed by atoms with E-state index in [9.17, 15) is 4.79 Å². The topological polar surface area (TPSA) is 97.9 Å². The number of anilines is 2. The first-order valence-corrected chi connectivity index (χ1v) is 9.43. The number of hydrogen-bond acceptors (Lipinski definition) is 5. The number of carbonyl (C=O) groups excluding carboxylic acids is 1. The zero-order valence-electron chi connectivity index (χ0n) is 15.9. The molecule has 3 aromatic rings. The van der Waals surface area contributed by atoms with Gasteiger partial charge in [-0.1, -0.05) is 18.7 Å². The standard InChI is InChI=1S/C21H24N6O/c1-3-16(28)26-15-6-4-14(5-7-15)19-17(13-8-10-23-11-9-13)18-20(22)24-12-25-21(18)27(19)2/h3-7,12-13,23H,1,8-11H2,2H3,(H,26,28)(H2,22,24,25). The van der Waals surface area contributed by atoms with Gasteiger partial charge >= 0.3 is 0 Å². The molecule has 4 rings (SSSR count). The smallest absolute Gasteiger partial charge is 0.247 e. The molecular formula is C21H24N6O. The summed E-state index contributed by atoms with van der Waals surface area (Å²) < 4.78 is 2.10. The van der Waals surface area contributed by atoms with E-state index >= 15 is 0 Å². The highest BCUT2D eigenvalue weighted by Crippen LogP contribution is 2.42. The number of benzene rings is 1. The first kappa shape index (κ1) is 18.2. The highest BCUT2D eigenvalue weighted by atomic mass is 16.1. The molecule has 1 aromatic carbocycles. The van der Waals surface area contributed by atoms with E-state index < -0.39 is 0 Å². The highest BCUT2D eigenvalue weighted by molar-refractivity contribution is 5.99. The second-order valence-electron chi connectivity index (χ2n) is 7.07. The van der Waals surface area contributed by atoms with Crippen LogP contribution in [0.4, 0.5) is 11.5 Å². The fourth-order valence-electron chi connectivity index (χ4n) is 4.07. The zero-order chi connectivity index (χ0) is 19.7. The van der Waals surface area contributed by atoms with E-state index in [0.717, 1.165) is 53.9 Å². The molecule has 0 spiro atoms. The Morgan fingerprint density at radius 3 is 2.68 bits per heavy atom. The van der Waals surface area contributed by atoms with Crippen LogP contribution in [0.1, 0.15) is 24.3 Å². The maximum absolute atomic E-state index is 11.5. The fourth-order valence-corrected chi connectivity index (χ4v) is 4.07. The van der Waals surface area contributed by atoms with Crippen molar-refractivity contribution in [1.29, 1.82) is 0 Å². The molecule has 7 heteroatoms. The van der Waals surface area contributed by atoms with E-state index in [1.165, 1.54) is 18.0 Å². The van der Waals surface area contributed by atoms with E-state index in [1.807, 2.05) is 31.3 Å². The summed E-state index contributed by atoms with van der Waals surface area (Å²) >= 11 is 0. The van der Waals surface area contributed by atoms with E-state index in [1.54, 1.807) is 0 Å². The Labute approximate surface area is 163 Å². The van der Waals surface area contributed by atoms with Crippen LogP contribution in [0, 0.1) is 0 Å². The number of carbonyl (C=O) groups is 1. The summed E-state index contributed by atoms with van der Waals surface area (Å²) in [4.78, 5) is 20.3. The van der Waals surface area contributed by atoms with Crippen molar-refractivity contribution >= 4 is 28.4 Å². The SMILES string of the molecule is C=CC(=O)Nc1ccc(-c2c(C3CCNCC3)c3c(N)ncnc3n2C)cc1. The van der Waals surface area contributed by atoms with Crippen molar-refractivity contribution in [1.82, 2.24) is 19.9 Å². The van der Waals surface area contributed by atoms with E-state index in [-0.39, 0.29) is 5.91 Å². The molecule has 0 saturated carbocycles. The molecule has 1 fully saturated rings. The van der Waals surface area contributed by atoms with Crippen LogP contribution in [0.25, 0.3) is 22.3 Å². The lowest BCUT2D eigenvalue weighted by molar-refractivity contribution is -0.111. The molecule has 1 aliphatic rings. The number of nitrogens with two attached hydrogens (primary N) is 1. The van der Waals surface area contributed by atoms with Gasteiger partial charge in [0.05, 0.1) is 11.1 Å². The maximum Gasteiger partial charge on any atom is 0.247 e. The molecule has 3 heterocycles. The van der Waals surface area contributed by atoms with Gasteiger partial charge in [-0.3, -0.25) is 4.79 Å². The van der Waals surface area contributed by atoms with Crippen molar-refractivity contribution in [3.05, 3.63) is 48.8 Å². The zero-order valence-corrected chi connectivity index (χ0v) is 15.9. The summed E-state index contributed by atoms with van der Waals surface area (Å²) in [5.74, 6) is 0.694. The second kappa shape index (κ2) is 7.44. The Morgan fingerprint density at radius 2 is 2.00 bits per heavy atom. The maximum atomic E-state index is 11.5. The van der Waals surface area contributed by atoms with Gasteiger partial charge in [0.15, 0.2) is 0 Å². The van der Waals surface area contributed by atoms with Gasteiger partial charge in [-0.15, -0.1) is 0 Å². The van der Waals surface area contributed by atoms with Crippen LogP contribution < -0.4 is 16.4 Å². The lowest BCUT2D eigenvalue weighted by Gasteiger charge is -2.24. The molecule has 1 amide bonds. The minimum absolute atomic E-state index is 0.226. The molecule has 2 aromatic heterocycles. The van der Waals surface area contributed by atoms with Gasteiger partial charge in [-0.05, 0) is 61.2 Å². The molecule has 0 aliphatic carbocycles. The molecule has 1 saturated heterocycles. The summed E-state index contributed by atoms with van der Waals surface area (Å²) in [6, 6.07) is 7.83. The van der Waals surface area contributed by atoms with Crippen molar-refractivity contribution in [2.75, 3.05) is 24.1 Å². The van der Waals surface area contributed by atoms with Gasteiger partial charge in [0.1, 0.15) is 17.8 Å². The number of nitrogens with one attached hydrogen (secondary N) is 2. The minimum atomic E-state index is -0.226. The average molecular weight is 376 g/mol. The predicted molar refractivity (Wildman–Crippen MR) is 112 cm³/mol. The van der Waals surface area contributed by atoms with Gasteiger partial charge in [0.25, 0.3) is 0 Å². The van der Waals surface area contributed by atoms with Crippen LogP contribution in [-0.2, 0) is 11.8 Å². The summed E-state index contributed by atoms with van der Waals surface area (Å²) in [5, 5.41) is 7.17. The van der Waals surface area contributed by atoms with Crippen LogP contribution in [0.3, 0.4) is 0 Å². The second-order valence-corrected chi connectivity index (χ2v) is 7.07. The van der Waals surface area contributed by atoms with Crippen molar-refractivity contribution in [3.8, 4) is 11.3 Å². The molecule has 1 aliphatic heterocycles. The normalized spacial score (nSPS) is 14.9. The van der Waals surface area contributed by atoms with Crippen LogP contribution >= 0.6 is 0 Å². The van der Waals surface area contributed by atoms with Crippen molar-refractivity contribution < 1.29 is 4.79 Å². The van der Waals surface area contributed by atoms with E-state index in [0.29, 0.717) is 11.7 Å². The molecule has 0 radical (unpaired) electrons. The van der Waals surface area contributed by atoms with Crippen LogP contribution in [0.5, 0.6) is 0 Å². The van der Waals surface area contributed by atoms with Crippen molar-refractivity contribution in [3.63, 3.8) is 0 Å². The summed E-state index contributed by atoms with van der Waals surface area (Å²) in [7, 11) is 2.02. The van der Waals surface area contributed by atoms with Gasteiger partial charge in [0.2, 0.25) is 5.91 Å². The Balaban J connectivity index is 1.86. The Bertz CT molecular complexity index is 1030. The number of aryl methyl sites for hydroxylation is 1. The lowest BCUT2D eigenvalue weighted by Crippen LogP contribution is -2.26. The lowest BCUT2D eigenvalue weighted by atomic mass is 9.87. The van der Waals surface area contributed by atoms with Gasteiger partial charge in [-0.2, -0.15) is 0 Å². The third-order valence-electron chi connectivity index (χ3n) is 5.39. The number of nitrogen functional groups attached to an aromatic ring is 1. The molecular weight excluding hydrogens is 352 g/mol. The average Bonchev–Trinajstić information content (AvgIpc) is 3.03. The van der Waals surface area contributed by atoms with E-state index in [2.05, 4.69) is 31.7 Å². The van der Waals surface area contributed by atoms with E-state index in [4.69, 9.17) is 5.73 Å². The number of amides is 1. The number of hydrogen-bond donors (Lipinski definition) is 3. The van der Waals surface area contributed by atoms with Gasteiger partial charge in [-0.25, -0.2) is 9.97 Å². The molecule has 0 unspecified atom stereocenters. The highest BCUT2D eigenvalue weighted by Gasteiger charge is 2.27. The third-order valence-corrected chi connectivity index (χ3v) is 5.39. The third kappa shape index (κ3) is 3.14. The van der Waals surface area contributed by atoms with Gasteiger partial charge < -0.3 is 20.9 Å². The molecule has 144 valence electrons. The number of aromatic nitrogens is 3. The summed E-state index contributed by atoms with van der Waals surface area (Å²) in [6.45, 7) is 5.46. The van der Waals surface area contributed by atoms with Crippen LogP contribution in [0.2, 0.25) is 0 Å². The monoisotopic (exact) mass is 376 g/mol. The molecule has 28 heavy (non-hydrogen) atoms. The number of piperidine rings is 1. The van der Waals surface area contributed by atoms with Gasteiger partial charge in [0, 0.05) is 12.7 Å². The summed E-state index contributed by atoms with van der Waals surface area (Å²) in [6.07, 6.45) is 4.87. The predicted octanol–water partition coefficient (Wildman–Crippen LogP) is 2.81. The number of fused-ring (bicyclic) bond motifs is 1. The molecule has 7 nitrogen and oxygen atoms in total. The Morgan fingerprint density at radius 1 is 1.29 bits per heavy atom. The largest absolute Gasteiger partial charge is 0.383 e. The molecule has 4 N–H and O–H groups in total. The first-order chi connectivity index (χ1) is 13.6. The Kier molecular flexibility index (Phi) is 4.83. The van der Waals surface area contributed by atoms with Crippen molar-refractivity contribution in [2.24, 2.45) is 7.05 Å². The Hall–Kier alpha value is -3.19. The quantitative estimate of drug-likeness (QED) is 0.608. The molecule has 0 atom stereocenters. The van der Waals surface area contributed by atoms with Crippen molar-refractivity contribution in [2.45, 2.75) is 18.8 Å². The minimum Gasteiger partial charge on any atom is -0.383 e.